The molecule has 4 rings (SSSR count). The molecule has 0 bridgehead atoms. The van der Waals surface area contributed by atoms with E-state index in [1.165, 1.54) is 11.1 Å². The van der Waals surface area contributed by atoms with Gasteiger partial charge in [-0.15, -0.1) is 0 Å². The number of carbonyl (C=O) groups is 1. The number of methoxy groups -OCH3 is 1. The van der Waals surface area contributed by atoms with Crippen molar-refractivity contribution >= 4 is 16.9 Å². The van der Waals surface area contributed by atoms with Crippen LogP contribution in [0.4, 0.5) is 0 Å². The first-order valence-electron chi connectivity index (χ1n) is 14.6. The number of nitrogens with one attached hydrogen (secondary N) is 1. The second kappa shape index (κ2) is 15.1. The molecule has 0 aliphatic rings. The molecule has 1 amide bonds. The van der Waals surface area contributed by atoms with Crippen LogP contribution in [0.15, 0.2) is 72.8 Å². The lowest BCUT2D eigenvalue weighted by Gasteiger charge is -2.11. The molecule has 4 aromatic rings. The lowest BCUT2D eigenvalue weighted by Crippen LogP contribution is -2.26. The molecule has 0 atom stereocenters. The summed E-state index contributed by atoms with van der Waals surface area (Å²) in [5, 5.41) is 3.05. The van der Waals surface area contributed by atoms with Crippen molar-refractivity contribution in [3.63, 3.8) is 0 Å². The minimum absolute atomic E-state index is 0.0588. The molecule has 0 radical (unpaired) electrons. The van der Waals surface area contributed by atoms with Crippen LogP contribution in [0, 0.1) is 0 Å². The highest BCUT2D eigenvalue weighted by Gasteiger charge is 2.10. The Labute approximate surface area is 238 Å². The van der Waals surface area contributed by atoms with Gasteiger partial charge >= 0.3 is 0 Å². The molecule has 0 saturated heterocycles. The van der Waals surface area contributed by atoms with Crippen LogP contribution in [0.1, 0.15) is 68.8 Å². The maximum Gasteiger partial charge on any atom is 0.224 e. The molecule has 212 valence electrons. The summed E-state index contributed by atoms with van der Waals surface area (Å²) in [6, 6.07) is 24.5. The minimum Gasteiger partial charge on any atom is -0.497 e. The molecule has 0 aliphatic carbocycles. The predicted molar refractivity (Wildman–Crippen MR) is 162 cm³/mol. The Balaban J connectivity index is 1.17. The molecular formula is C34H43N3O3. The number of ether oxygens (including phenoxy) is 2. The lowest BCUT2D eigenvalue weighted by molar-refractivity contribution is -0.120. The summed E-state index contributed by atoms with van der Waals surface area (Å²) in [6.45, 7) is 6.76. The molecule has 0 spiro atoms. The third-order valence-corrected chi connectivity index (χ3v) is 7.25. The van der Waals surface area contributed by atoms with Crippen LogP contribution in [-0.2, 0) is 24.2 Å². The summed E-state index contributed by atoms with van der Waals surface area (Å²) in [5.74, 6) is 3.48. The number of nitrogens with zero attached hydrogens (tertiary/aromatic N) is 2. The number of para-hydroxylation sites is 2. The molecule has 6 nitrogen and oxygen atoms in total. The third-order valence-electron chi connectivity index (χ3n) is 7.25. The first kappa shape index (κ1) is 29.2. The van der Waals surface area contributed by atoms with Crippen LogP contribution < -0.4 is 14.8 Å². The van der Waals surface area contributed by atoms with Gasteiger partial charge in [0, 0.05) is 19.5 Å². The van der Waals surface area contributed by atoms with Gasteiger partial charge in [-0.25, -0.2) is 4.98 Å². The quantitative estimate of drug-likeness (QED) is 0.154. The topological polar surface area (TPSA) is 65.4 Å². The van der Waals surface area contributed by atoms with Gasteiger partial charge in [-0.05, 0) is 79.1 Å². The summed E-state index contributed by atoms with van der Waals surface area (Å²) < 4.78 is 13.5. The zero-order valence-electron chi connectivity index (χ0n) is 24.2. The number of hydrogen-bond donors (Lipinski definition) is 1. The Kier molecular flexibility index (Phi) is 11.0. The highest BCUT2D eigenvalue weighted by Crippen LogP contribution is 2.21. The van der Waals surface area contributed by atoms with E-state index in [4.69, 9.17) is 14.5 Å². The van der Waals surface area contributed by atoms with Gasteiger partial charge in [-0.1, -0.05) is 56.7 Å². The second-order valence-electron chi connectivity index (χ2n) is 10.6. The van der Waals surface area contributed by atoms with E-state index in [-0.39, 0.29) is 5.91 Å². The normalized spacial score (nSPS) is 11.2. The molecule has 6 heteroatoms. The molecule has 40 heavy (non-hydrogen) atoms. The van der Waals surface area contributed by atoms with Crippen LogP contribution >= 0.6 is 0 Å². The fourth-order valence-electron chi connectivity index (χ4n) is 4.88. The van der Waals surface area contributed by atoms with Crippen LogP contribution in [0.5, 0.6) is 11.5 Å². The van der Waals surface area contributed by atoms with E-state index in [1.54, 1.807) is 7.11 Å². The summed E-state index contributed by atoms with van der Waals surface area (Å²) in [5.41, 5.74) is 4.59. The van der Waals surface area contributed by atoms with E-state index in [1.807, 2.05) is 24.3 Å². The Hall–Kier alpha value is -3.80. The number of hydrogen-bond acceptors (Lipinski definition) is 4. The number of aromatic nitrogens is 2. The monoisotopic (exact) mass is 541 g/mol. The van der Waals surface area contributed by atoms with Gasteiger partial charge in [0.1, 0.15) is 17.3 Å². The Bertz CT molecular complexity index is 1330. The Morgan fingerprint density at radius 1 is 0.875 bits per heavy atom. The first-order chi connectivity index (χ1) is 19.5. The van der Waals surface area contributed by atoms with E-state index in [2.05, 4.69) is 72.3 Å². The Morgan fingerprint density at radius 3 is 2.38 bits per heavy atom. The van der Waals surface area contributed by atoms with Crippen LogP contribution in [0.3, 0.4) is 0 Å². The number of imidazole rings is 1. The van der Waals surface area contributed by atoms with Gasteiger partial charge < -0.3 is 19.4 Å². The van der Waals surface area contributed by atoms with E-state index >= 15 is 0 Å². The van der Waals surface area contributed by atoms with Crippen molar-refractivity contribution in [1.82, 2.24) is 14.9 Å². The number of unbranched alkanes of at least 4 members (excludes halogenated alkanes) is 3. The van der Waals surface area contributed by atoms with Crippen molar-refractivity contribution in [2.24, 2.45) is 0 Å². The molecular weight excluding hydrogens is 498 g/mol. The highest BCUT2D eigenvalue weighted by atomic mass is 16.5. The fourth-order valence-corrected chi connectivity index (χ4v) is 4.88. The average molecular weight is 542 g/mol. The molecule has 1 N–H and O–H groups in total. The van der Waals surface area contributed by atoms with Crippen molar-refractivity contribution < 1.29 is 14.3 Å². The lowest BCUT2D eigenvalue weighted by atomic mass is 10.0. The predicted octanol–water partition coefficient (Wildman–Crippen LogP) is 7.10. The molecule has 0 aliphatic heterocycles. The van der Waals surface area contributed by atoms with E-state index in [9.17, 15) is 4.79 Å². The minimum atomic E-state index is 0.0588. The number of carbonyl (C=O) groups excluding carboxylic acids is 1. The highest BCUT2D eigenvalue weighted by molar-refractivity contribution is 5.78. The molecule has 3 aromatic carbocycles. The third kappa shape index (κ3) is 8.60. The summed E-state index contributed by atoms with van der Waals surface area (Å²) in [6.07, 6.45) is 6.43. The van der Waals surface area contributed by atoms with Gasteiger partial charge in [0.05, 0.1) is 31.2 Å². The number of rotatable bonds is 16. The van der Waals surface area contributed by atoms with Crippen molar-refractivity contribution in [3.05, 3.63) is 89.7 Å². The number of amides is 1. The van der Waals surface area contributed by atoms with Gasteiger partial charge in [-0.2, -0.15) is 0 Å². The van der Waals surface area contributed by atoms with Crippen LogP contribution in [0.25, 0.3) is 11.0 Å². The number of fused-ring (bicyclic) bond motifs is 1. The second-order valence-corrected chi connectivity index (χ2v) is 10.6. The van der Waals surface area contributed by atoms with E-state index < -0.39 is 0 Å². The summed E-state index contributed by atoms with van der Waals surface area (Å²) >= 11 is 0. The van der Waals surface area contributed by atoms with E-state index in [0.29, 0.717) is 25.5 Å². The maximum atomic E-state index is 12.3. The van der Waals surface area contributed by atoms with Gasteiger partial charge in [0.2, 0.25) is 5.91 Å². The van der Waals surface area contributed by atoms with Gasteiger partial charge in [0.25, 0.3) is 0 Å². The van der Waals surface area contributed by atoms with Crippen molar-refractivity contribution in [1.29, 1.82) is 0 Å². The largest absolute Gasteiger partial charge is 0.497 e. The molecule has 1 heterocycles. The standard InChI is InChI=1S/C34H43N3O3/c1-26(2)28-16-20-30(21-17-28)40-24-10-9-23-37-32-12-7-6-11-31(32)36-33(37)13-5-4-8-22-35-34(38)25-27-14-18-29(39-3)19-15-27/h6-7,11-12,14-21,26H,4-5,8-10,13,22-25H2,1-3H3,(H,35,38). The van der Waals surface area contributed by atoms with Gasteiger partial charge in [-0.3, -0.25) is 4.79 Å². The zero-order valence-corrected chi connectivity index (χ0v) is 24.2. The zero-order chi connectivity index (χ0) is 28.2. The molecule has 0 unspecified atom stereocenters. The fraction of sp³-hybridized carbons (Fsp3) is 0.412. The summed E-state index contributed by atoms with van der Waals surface area (Å²) in [7, 11) is 1.64. The molecule has 1 aromatic heterocycles. The van der Waals surface area contributed by atoms with E-state index in [0.717, 1.165) is 73.5 Å². The SMILES string of the molecule is COc1ccc(CC(=O)NCCCCCc2nc3ccccc3n2CCCCOc2ccc(C(C)C)cc2)cc1. The van der Waals surface area contributed by atoms with Crippen molar-refractivity contribution in [2.45, 2.75) is 71.3 Å². The van der Waals surface area contributed by atoms with Crippen molar-refractivity contribution in [2.75, 3.05) is 20.3 Å². The molecule has 0 saturated carbocycles. The van der Waals surface area contributed by atoms with Crippen LogP contribution in [-0.4, -0.2) is 35.7 Å². The maximum absolute atomic E-state index is 12.3. The Morgan fingerprint density at radius 2 is 1.62 bits per heavy atom. The van der Waals surface area contributed by atoms with Crippen molar-refractivity contribution in [3.8, 4) is 11.5 Å². The first-order valence-corrected chi connectivity index (χ1v) is 14.6. The molecule has 0 fully saturated rings. The van der Waals surface area contributed by atoms with Gasteiger partial charge in [0.15, 0.2) is 0 Å². The smallest absolute Gasteiger partial charge is 0.224 e. The van der Waals surface area contributed by atoms with Crippen LogP contribution in [0.2, 0.25) is 0 Å². The number of aryl methyl sites for hydroxylation is 2. The average Bonchev–Trinajstić information content (AvgIpc) is 3.32. The summed E-state index contributed by atoms with van der Waals surface area (Å²) in [4.78, 5) is 17.2. The number of benzene rings is 3.